The Morgan fingerprint density at radius 3 is 2.93 bits per heavy atom. The van der Waals surface area contributed by atoms with E-state index in [1.807, 2.05) is 6.92 Å². The van der Waals surface area contributed by atoms with Crippen LogP contribution in [0, 0.1) is 5.92 Å². The molecule has 2 aliphatic rings. The average molecular weight is 371 g/mol. The van der Waals surface area contributed by atoms with Gasteiger partial charge in [0.2, 0.25) is 5.91 Å². The van der Waals surface area contributed by atoms with E-state index in [4.69, 9.17) is 4.74 Å². The molecule has 0 aromatic carbocycles. The molecule has 9 heteroatoms. The van der Waals surface area contributed by atoms with Gasteiger partial charge in [-0.1, -0.05) is 6.92 Å². The topological polar surface area (TPSA) is 97.1 Å². The minimum atomic E-state index is -0.346. The van der Waals surface area contributed by atoms with E-state index in [1.54, 1.807) is 23.2 Å². The summed E-state index contributed by atoms with van der Waals surface area (Å²) < 4.78 is 6.38. The summed E-state index contributed by atoms with van der Waals surface area (Å²) in [6.45, 7) is 2.33. The van der Waals surface area contributed by atoms with Crippen LogP contribution in [0.15, 0.2) is 24.5 Å². The fourth-order valence-electron chi connectivity index (χ4n) is 4.32. The number of imidazole rings is 1. The molecular formula is C18H21N5O4. The van der Waals surface area contributed by atoms with Crippen LogP contribution in [0.1, 0.15) is 30.3 Å². The molecule has 27 heavy (non-hydrogen) atoms. The van der Waals surface area contributed by atoms with Gasteiger partial charge in [-0.3, -0.25) is 14.4 Å². The molecule has 9 nitrogen and oxygen atoms in total. The third-order valence-corrected chi connectivity index (χ3v) is 5.49. The molecule has 0 bridgehead atoms. The molecule has 0 radical (unpaired) electrons. The predicted molar refractivity (Wildman–Crippen MR) is 93.7 cm³/mol. The third-order valence-electron chi connectivity index (χ3n) is 5.49. The Labute approximate surface area is 155 Å². The van der Waals surface area contributed by atoms with Gasteiger partial charge in [0.05, 0.1) is 25.3 Å². The first kappa shape index (κ1) is 17.4. The molecule has 2 saturated heterocycles. The molecule has 2 fully saturated rings. The number of nitrogens with zero attached hydrogens (tertiary/aromatic N) is 5. The van der Waals surface area contributed by atoms with Crippen molar-refractivity contribution in [1.29, 1.82) is 0 Å². The molecule has 3 atom stereocenters. The van der Waals surface area contributed by atoms with E-state index in [0.29, 0.717) is 30.7 Å². The minimum absolute atomic E-state index is 0.0141. The van der Waals surface area contributed by atoms with Crippen LogP contribution in [0.5, 0.6) is 0 Å². The molecule has 2 aromatic rings. The summed E-state index contributed by atoms with van der Waals surface area (Å²) in [5.41, 5.74) is 0.893. The highest BCUT2D eigenvalue weighted by atomic mass is 16.5. The molecule has 0 unspecified atom stereocenters. The second kappa shape index (κ2) is 6.64. The number of carbonyl (C=O) groups is 3. The number of methoxy groups -OCH3 is 1. The molecule has 4 heterocycles. The van der Waals surface area contributed by atoms with Crippen molar-refractivity contribution in [2.24, 2.45) is 5.92 Å². The summed E-state index contributed by atoms with van der Waals surface area (Å²) in [7, 11) is 1.36. The Morgan fingerprint density at radius 2 is 2.19 bits per heavy atom. The van der Waals surface area contributed by atoms with E-state index in [9.17, 15) is 14.4 Å². The highest BCUT2D eigenvalue weighted by Crippen LogP contribution is 2.35. The fourth-order valence-corrected chi connectivity index (χ4v) is 4.32. The van der Waals surface area contributed by atoms with Gasteiger partial charge in [-0.15, -0.1) is 0 Å². The van der Waals surface area contributed by atoms with Crippen molar-refractivity contribution in [2.75, 3.05) is 20.2 Å². The normalized spacial score (nSPS) is 25.0. The van der Waals surface area contributed by atoms with E-state index in [-0.39, 0.29) is 42.3 Å². The van der Waals surface area contributed by atoms with Gasteiger partial charge in [-0.05, 0) is 25.0 Å². The lowest BCUT2D eigenvalue weighted by molar-refractivity contribution is -0.147. The molecule has 0 aliphatic carbocycles. The van der Waals surface area contributed by atoms with Gasteiger partial charge in [-0.25, -0.2) is 9.50 Å². The molecule has 2 aromatic heterocycles. The van der Waals surface area contributed by atoms with Crippen molar-refractivity contribution in [2.45, 2.75) is 31.8 Å². The molecule has 0 saturated carbocycles. The number of fused-ring (bicyclic) bond motifs is 2. The SMILES string of the molecule is CC[C@H]1[C@@H](C(=O)OC)C[C@H]2CN(C(=O)c3cnc4cccnn34)CC(=O)N21. The zero-order chi connectivity index (χ0) is 19.1. The van der Waals surface area contributed by atoms with Crippen LogP contribution < -0.4 is 0 Å². The number of carbonyl (C=O) groups excluding carboxylic acids is 3. The standard InChI is InChI=1S/C18H21N5O4/c1-3-13-12(18(26)27-2)7-11-9-21(10-16(24)22(11)13)17(25)14-8-19-15-5-4-6-20-23(14)15/h4-6,8,11-13H,3,7,9-10H2,1-2H3/t11-,12-,13-/m0/s1. The summed E-state index contributed by atoms with van der Waals surface area (Å²) >= 11 is 0. The van der Waals surface area contributed by atoms with E-state index < -0.39 is 0 Å². The van der Waals surface area contributed by atoms with Crippen LogP contribution >= 0.6 is 0 Å². The van der Waals surface area contributed by atoms with Crippen molar-refractivity contribution in [1.82, 2.24) is 24.4 Å². The Kier molecular flexibility index (Phi) is 4.29. The first-order valence-electron chi connectivity index (χ1n) is 9.02. The largest absolute Gasteiger partial charge is 0.469 e. The number of piperazine rings is 1. The van der Waals surface area contributed by atoms with E-state index >= 15 is 0 Å². The lowest BCUT2D eigenvalue weighted by atomic mass is 9.97. The second-order valence-corrected chi connectivity index (χ2v) is 6.92. The van der Waals surface area contributed by atoms with Crippen LogP contribution in [0.4, 0.5) is 0 Å². The number of ether oxygens (including phenoxy) is 1. The number of esters is 1. The first-order valence-corrected chi connectivity index (χ1v) is 9.02. The minimum Gasteiger partial charge on any atom is -0.469 e. The number of hydrogen-bond donors (Lipinski definition) is 0. The summed E-state index contributed by atoms with van der Waals surface area (Å²) in [5, 5.41) is 4.16. The van der Waals surface area contributed by atoms with Gasteiger partial charge in [0, 0.05) is 18.8 Å². The molecule has 2 amide bonds. The number of amides is 2. The molecule has 4 rings (SSSR count). The van der Waals surface area contributed by atoms with Crippen molar-refractivity contribution >= 4 is 23.4 Å². The Balaban J connectivity index is 1.59. The summed E-state index contributed by atoms with van der Waals surface area (Å²) in [6, 6.07) is 3.15. The van der Waals surface area contributed by atoms with Gasteiger partial charge >= 0.3 is 5.97 Å². The summed E-state index contributed by atoms with van der Waals surface area (Å²) in [6.07, 6.45) is 4.24. The highest BCUT2D eigenvalue weighted by Gasteiger charge is 2.50. The summed E-state index contributed by atoms with van der Waals surface area (Å²) in [5.74, 6) is -1.07. The van der Waals surface area contributed by atoms with Gasteiger partial charge in [0.15, 0.2) is 11.3 Å². The number of hydrogen-bond acceptors (Lipinski definition) is 6. The lowest BCUT2D eigenvalue weighted by Gasteiger charge is -2.39. The van der Waals surface area contributed by atoms with Crippen LogP contribution in [-0.2, 0) is 14.3 Å². The maximum atomic E-state index is 13.0. The van der Waals surface area contributed by atoms with Crippen molar-refractivity contribution in [3.05, 3.63) is 30.2 Å². The van der Waals surface area contributed by atoms with Gasteiger partial charge in [0.25, 0.3) is 5.91 Å². The molecule has 0 N–H and O–H groups in total. The molecular weight excluding hydrogens is 350 g/mol. The van der Waals surface area contributed by atoms with Gasteiger partial charge in [0.1, 0.15) is 6.54 Å². The lowest BCUT2D eigenvalue weighted by Crippen LogP contribution is -2.57. The van der Waals surface area contributed by atoms with E-state index in [0.717, 1.165) is 0 Å². The van der Waals surface area contributed by atoms with Crippen LogP contribution in [0.25, 0.3) is 5.65 Å². The van der Waals surface area contributed by atoms with Crippen LogP contribution in [-0.4, -0.2) is 74.5 Å². The molecule has 2 aliphatic heterocycles. The second-order valence-electron chi connectivity index (χ2n) is 6.92. The first-order chi connectivity index (χ1) is 13.0. The Bertz CT molecular complexity index is 910. The monoisotopic (exact) mass is 371 g/mol. The van der Waals surface area contributed by atoms with Crippen LogP contribution in [0.2, 0.25) is 0 Å². The average Bonchev–Trinajstić information content (AvgIpc) is 3.28. The predicted octanol–water partition coefficient (Wildman–Crippen LogP) is 0.354. The highest BCUT2D eigenvalue weighted by molar-refractivity contribution is 5.96. The maximum absolute atomic E-state index is 13.0. The summed E-state index contributed by atoms with van der Waals surface area (Å²) in [4.78, 5) is 45.4. The van der Waals surface area contributed by atoms with E-state index in [1.165, 1.54) is 22.7 Å². The smallest absolute Gasteiger partial charge is 0.310 e. The zero-order valence-corrected chi connectivity index (χ0v) is 15.2. The van der Waals surface area contributed by atoms with Crippen LogP contribution in [0.3, 0.4) is 0 Å². The Hall–Kier alpha value is -2.97. The van der Waals surface area contributed by atoms with Crippen molar-refractivity contribution in [3.8, 4) is 0 Å². The van der Waals surface area contributed by atoms with Gasteiger partial charge in [-0.2, -0.15) is 5.10 Å². The number of rotatable bonds is 3. The third kappa shape index (κ3) is 2.73. The van der Waals surface area contributed by atoms with E-state index in [2.05, 4.69) is 10.1 Å². The quantitative estimate of drug-likeness (QED) is 0.723. The molecule has 0 spiro atoms. The zero-order valence-electron chi connectivity index (χ0n) is 15.2. The van der Waals surface area contributed by atoms with Crippen molar-refractivity contribution < 1.29 is 19.1 Å². The number of aromatic nitrogens is 3. The van der Waals surface area contributed by atoms with Crippen molar-refractivity contribution in [3.63, 3.8) is 0 Å². The fraction of sp³-hybridized carbons (Fsp3) is 0.500. The Morgan fingerprint density at radius 1 is 1.37 bits per heavy atom. The molecule has 142 valence electrons. The van der Waals surface area contributed by atoms with Gasteiger partial charge < -0.3 is 14.5 Å². The maximum Gasteiger partial charge on any atom is 0.310 e.